The number of aromatic nitrogens is 6. The predicted octanol–water partition coefficient (Wildman–Crippen LogP) is 5.07. The third kappa shape index (κ3) is 7.10. The Bertz CT molecular complexity index is 1640. The average molecular weight is 602 g/mol. The van der Waals surface area contributed by atoms with Crippen molar-refractivity contribution in [2.75, 3.05) is 12.4 Å². The lowest BCUT2D eigenvalue weighted by Crippen LogP contribution is -2.24. The highest BCUT2D eigenvalue weighted by atomic mass is 35.5. The van der Waals surface area contributed by atoms with Crippen molar-refractivity contribution in [3.63, 3.8) is 0 Å². The summed E-state index contributed by atoms with van der Waals surface area (Å²) in [6.45, 7) is 6.76. The Labute approximate surface area is 244 Å². The second kappa shape index (κ2) is 13.3. The van der Waals surface area contributed by atoms with Crippen LogP contribution in [-0.4, -0.2) is 48.8 Å². The first-order chi connectivity index (χ1) is 19.8. The topological polar surface area (TPSA) is 143 Å². The van der Waals surface area contributed by atoms with Crippen LogP contribution in [0.2, 0.25) is 0 Å². The van der Waals surface area contributed by atoms with Gasteiger partial charge in [0, 0.05) is 7.05 Å². The van der Waals surface area contributed by atoms with E-state index in [4.69, 9.17) is 11.6 Å². The van der Waals surface area contributed by atoms with E-state index in [2.05, 4.69) is 31.1 Å². The fraction of sp³-hybridized carbons (Fsp3) is 0.296. The van der Waals surface area contributed by atoms with Gasteiger partial charge in [-0.25, -0.2) is 4.68 Å². The molecule has 0 unspecified atom stereocenters. The van der Waals surface area contributed by atoms with Crippen molar-refractivity contribution in [2.45, 2.75) is 46.8 Å². The summed E-state index contributed by atoms with van der Waals surface area (Å²) < 4.78 is 40.3. The van der Waals surface area contributed by atoms with Gasteiger partial charge in [0.05, 0.1) is 39.3 Å². The highest BCUT2D eigenvalue weighted by Gasteiger charge is 2.37. The van der Waals surface area contributed by atoms with Crippen molar-refractivity contribution >= 4 is 34.8 Å². The number of hydrogen-bond donors (Lipinski definition) is 2. The number of carbonyl (C=O) groups is 2. The third-order valence-electron chi connectivity index (χ3n) is 5.98. The number of alkyl halides is 3. The maximum Gasteiger partial charge on any atom is 0.455 e. The van der Waals surface area contributed by atoms with Crippen LogP contribution < -0.4 is 10.6 Å². The van der Waals surface area contributed by atoms with Crippen LogP contribution in [0.25, 0.3) is 5.70 Å². The van der Waals surface area contributed by atoms with E-state index in [0.29, 0.717) is 22.5 Å². The highest BCUT2D eigenvalue weighted by Crippen LogP contribution is 2.30. The van der Waals surface area contributed by atoms with Crippen LogP contribution in [0.5, 0.6) is 0 Å². The van der Waals surface area contributed by atoms with Gasteiger partial charge in [-0.05, 0) is 67.8 Å². The van der Waals surface area contributed by atoms with Crippen LogP contribution in [0.15, 0.2) is 47.0 Å². The maximum absolute atomic E-state index is 13.8. The van der Waals surface area contributed by atoms with E-state index in [1.807, 2.05) is 13.0 Å². The van der Waals surface area contributed by atoms with Crippen LogP contribution in [0.1, 0.15) is 70.7 Å². The Hall–Kier alpha value is -4.77. The predicted molar refractivity (Wildman–Crippen MR) is 149 cm³/mol. The summed E-state index contributed by atoms with van der Waals surface area (Å²) in [5.41, 5.74) is 2.11. The number of nitrogens with one attached hydrogen (secondary N) is 2. The minimum atomic E-state index is -4.79. The molecule has 0 saturated carbocycles. The van der Waals surface area contributed by atoms with E-state index in [-0.39, 0.29) is 39.8 Å². The molecule has 2 heterocycles. The number of amides is 2. The van der Waals surface area contributed by atoms with Gasteiger partial charge in [0.2, 0.25) is 0 Å². The number of rotatable bonds is 9. The number of aryl methyl sites for hydroxylation is 1. The normalized spacial score (nSPS) is 12.7. The zero-order valence-electron chi connectivity index (χ0n) is 23.3. The molecule has 42 heavy (non-hydrogen) atoms. The highest BCUT2D eigenvalue weighted by molar-refractivity contribution is 6.36. The molecule has 0 spiro atoms. The smallest absolute Gasteiger partial charge is 0.355 e. The van der Waals surface area contributed by atoms with Crippen LogP contribution in [0, 0.1) is 18.3 Å². The van der Waals surface area contributed by atoms with Crippen LogP contribution in [-0.2, 0) is 12.7 Å². The molecule has 220 valence electrons. The Morgan fingerprint density at radius 2 is 1.90 bits per heavy atom. The molecular weight excluding hydrogens is 575 g/mol. The Kier molecular flexibility index (Phi) is 10.0. The first-order valence-corrected chi connectivity index (χ1v) is 12.9. The third-order valence-corrected chi connectivity index (χ3v) is 6.29. The first kappa shape index (κ1) is 31.8. The summed E-state index contributed by atoms with van der Waals surface area (Å²) in [7, 11) is 1.41. The summed E-state index contributed by atoms with van der Waals surface area (Å²) in [6, 6.07) is 6.20. The van der Waals surface area contributed by atoms with E-state index < -0.39 is 23.8 Å². The lowest BCUT2D eigenvalue weighted by Gasteiger charge is -2.16. The number of benzene rings is 1. The molecule has 0 aliphatic carbocycles. The van der Waals surface area contributed by atoms with Crippen LogP contribution in [0.4, 0.5) is 18.9 Å². The quantitative estimate of drug-likeness (QED) is 0.326. The number of tetrazole rings is 1. The van der Waals surface area contributed by atoms with Gasteiger partial charge >= 0.3 is 6.18 Å². The van der Waals surface area contributed by atoms with Crippen LogP contribution >= 0.6 is 11.6 Å². The second-order valence-corrected chi connectivity index (χ2v) is 9.36. The number of anilines is 1. The first-order valence-electron chi connectivity index (χ1n) is 12.6. The molecule has 3 aromatic rings. The van der Waals surface area contributed by atoms with Crippen molar-refractivity contribution in [3.8, 4) is 6.07 Å². The van der Waals surface area contributed by atoms with Crippen molar-refractivity contribution in [1.29, 1.82) is 5.26 Å². The monoisotopic (exact) mass is 601 g/mol. The van der Waals surface area contributed by atoms with Gasteiger partial charge in [-0.2, -0.15) is 28.3 Å². The standard InChI is InChI=1S/C27H27ClF3N9O2/c1-6-8-9-20(28)23(15(3)7-2)40-21(12-18(36-40)14-39-37-26(35-38-39)27(29,30)31)25(42)34-22-16(4)10-17(13-32)11-19(22)24(41)33-5/h6,8-12H,7,14H2,1-5H3,(H,33,41)(H,34,42)/b8-6-,20-9+,23-15-. The van der Waals surface area contributed by atoms with Crippen molar-refractivity contribution in [3.05, 3.63) is 80.9 Å². The molecule has 3 rings (SSSR count). The van der Waals surface area contributed by atoms with Crippen molar-refractivity contribution < 1.29 is 22.8 Å². The minimum absolute atomic E-state index is 0.0393. The lowest BCUT2D eigenvalue weighted by molar-refractivity contribution is -0.145. The van der Waals surface area contributed by atoms with Gasteiger partial charge in [0.1, 0.15) is 12.2 Å². The molecule has 15 heteroatoms. The van der Waals surface area contributed by atoms with Gasteiger partial charge < -0.3 is 10.6 Å². The fourth-order valence-electron chi connectivity index (χ4n) is 3.83. The lowest BCUT2D eigenvalue weighted by atomic mass is 10.0. The number of nitriles is 1. The molecule has 0 radical (unpaired) electrons. The molecule has 0 aliphatic heterocycles. The fourth-order valence-corrected chi connectivity index (χ4v) is 4.14. The number of carbonyl (C=O) groups excluding carboxylic acids is 2. The van der Waals surface area contributed by atoms with Gasteiger partial charge in [-0.3, -0.25) is 9.59 Å². The minimum Gasteiger partial charge on any atom is -0.355 e. The van der Waals surface area contributed by atoms with Gasteiger partial charge in [0.15, 0.2) is 0 Å². The molecule has 2 aromatic heterocycles. The van der Waals surface area contributed by atoms with E-state index in [1.54, 1.807) is 39.0 Å². The molecule has 0 saturated heterocycles. The number of hydrogen-bond acceptors (Lipinski definition) is 7. The summed E-state index contributed by atoms with van der Waals surface area (Å²) in [4.78, 5) is 27.1. The molecule has 1 aromatic carbocycles. The number of halogens is 4. The molecule has 0 aliphatic rings. The van der Waals surface area contributed by atoms with E-state index in [1.165, 1.54) is 29.9 Å². The molecule has 0 bridgehead atoms. The second-order valence-electron chi connectivity index (χ2n) is 8.96. The maximum atomic E-state index is 13.8. The van der Waals surface area contributed by atoms with Gasteiger partial charge in [-0.15, -0.1) is 10.2 Å². The summed E-state index contributed by atoms with van der Waals surface area (Å²) in [5, 5.41) is 29.1. The summed E-state index contributed by atoms with van der Waals surface area (Å²) >= 11 is 6.65. The summed E-state index contributed by atoms with van der Waals surface area (Å²) in [6.07, 6.45) is 0.807. The van der Waals surface area contributed by atoms with Crippen molar-refractivity contribution in [1.82, 2.24) is 35.3 Å². The zero-order chi connectivity index (χ0) is 31.2. The Morgan fingerprint density at radius 1 is 1.19 bits per heavy atom. The zero-order valence-corrected chi connectivity index (χ0v) is 24.1. The SMILES string of the molecule is C\C=C/C=C(Cl)\C(=C(/C)CC)n1nc(Cn2nnc(C(F)(F)F)n2)cc1C(=O)Nc1c(C)cc(C#N)cc1C(=O)NC. The number of allylic oxidation sites excluding steroid dienone is 6. The summed E-state index contributed by atoms with van der Waals surface area (Å²) in [5.74, 6) is -2.65. The number of nitrogens with zero attached hydrogens (tertiary/aromatic N) is 7. The van der Waals surface area contributed by atoms with Gasteiger partial charge in [0.25, 0.3) is 17.6 Å². The van der Waals surface area contributed by atoms with Crippen LogP contribution in [0.3, 0.4) is 0 Å². The van der Waals surface area contributed by atoms with E-state index in [9.17, 15) is 28.0 Å². The Morgan fingerprint density at radius 3 is 2.48 bits per heavy atom. The molecule has 2 amide bonds. The molecule has 2 N–H and O–H groups in total. The average Bonchev–Trinajstić information content (AvgIpc) is 3.60. The molecular formula is C27H27ClF3N9O2. The van der Waals surface area contributed by atoms with E-state index >= 15 is 0 Å². The molecule has 11 nitrogen and oxygen atoms in total. The molecule has 0 fully saturated rings. The van der Waals surface area contributed by atoms with Crippen molar-refractivity contribution in [2.24, 2.45) is 0 Å². The Balaban J connectivity index is 2.18. The van der Waals surface area contributed by atoms with Gasteiger partial charge in [-0.1, -0.05) is 30.7 Å². The van der Waals surface area contributed by atoms with E-state index in [0.717, 1.165) is 5.57 Å². The molecule has 0 atom stereocenters. The largest absolute Gasteiger partial charge is 0.455 e.